The van der Waals surface area contributed by atoms with E-state index in [-0.39, 0.29) is 5.92 Å². The van der Waals surface area contributed by atoms with E-state index in [4.69, 9.17) is 10.00 Å². The van der Waals surface area contributed by atoms with Crippen molar-refractivity contribution >= 4 is 11.7 Å². The molecule has 0 unspecified atom stereocenters. The van der Waals surface area contributed by atoms with Gasteiger partial charge in [-0.25, -0.2) is 4.98 Å². The van der Waals surface area contributed by atoms with Crippen LogP contribution in [0.1, 0.15) is 56.9 Å². The van der Waals surface area contributed by atoms with Crippen LogP contribution in [-0.4, -0.2) is 54.7 Å². The van der Waals surface area contributed by atoms with Gasteiger partial charge in [0.2, 0.25) is 5.91 Å². The fourth-order valence-corrected chi connectivity index (χ4v) is 5.23. The van der Waals surface area contributed by atoms with Crippen LogP contribution in [0.3, 0.4) is 0 Å². The van der Waals surface area contributed by atoms with Crippen molar-refractivity contribution in [3.63, 3.8) is 0 Å². The smallest absolute Gasteiger partial charge is 0.226 e. The van der Waals surface area contributed by atoms with E-state index in [0.29, 0.717) is 23.4 Å². The molecule has 4 heterocycles. The van der Waals surface area contributed by atoms with Crippen molar-refractivity contribution in [3.8, 4) is 6.07 Å². The van der Waals surface area contributed by atoms with Crippen LogP contribution in [0.5, 0.6) is 0 Å². The molecule has 0 spiro atoms. The second kappa shape index (κ2) is 9.58. The quantitative estimate of drug-likeness (QED) is 0.783. The molecule has 156 valence electrons. The molecule has 3 aliphatic rings. The summed E-state index contributed by atoms with van der Waals surface area (Å²) in [5.41, 5.74) is 0.601. The minimum Gasteiger partial charge on any atom is -0.381 e. The van der Waals surface area contributed by atoms with Crippen molar-refractivity contribution < 1.29 is 9.53 Å². The lowest BCUT2D eigenvalue weighted by Gasteiger charge is -2.42. The molecule has 29 heavy (non-hydrogen) atoms. The zero-order valence-electron chi connectivity index (χ0n) is 17.3. The van der Waals surface area contributed by atoms with Gasteiger partial charge in [0.1, 0.15) is 11.9 Å². The van der Waals surface area contributed by atoms with Crippen molar-refractivity contribution in [2.45, 2.75) is 57.4 Å². The maximum Gasteiger partial charge on any atom is 0.226 e. The molecule has 6 heteroatoms. The average Bonchev–Trinajstić information content (AvgIpc) is 3.05. The second-order valence-electron chi connectivity index (χ2n) is 8.68. The van der Waals surface area contributed by atoms with Gasteiger partial charge in [-0.1, -0.05) is 12.8 Å². The Balaban J connectivity index is 1.40. The third-order valence-electron chi connectivity index (χ3n) is 6.94. The van der Waals surface area contributed by atoms with Gasteiger partial charge >= 0.3 is 0 Å². The van der Waals surface area contributed by atoms with E-state index in [1.807, 2.05) is 12.1 Å². The van der Waals surface area contributed by atoms with Crippen molar-refractivity contribution in [3.05, 3.63) is 23.9 Å². The number of piperidine rings is 1. The SMILES string of the molecule is N#Cc1ccc(N2CCC([C@@H]3CCCCCN3C(=O)C3CCOCC3)CC2)nc1. The van der Waals surface area contributed by atoms with Gasteiger partial charge < -0.3 is 14.5 Å². The number of hydrogen-bond acceptors (Lipinski definition) is 5. The van der Waals surface area contributed by atoms with Gasteiger partial charge in [-0.2, -0.15) is 5.26 Å². The van der Waals surface area contributed by atoms with E-state index in [0.717, 1.165) is 77.2 Å². The Morgan fingerprint density at radius 3 is 2.52 bits per heavy atom. The Labute approximate surface area is 173 Å². The lowest BCUT2D eigenvalue weighted by atomic mass is 9.85. The molecule has 0 saturated carbocycles. The maximum atomic E-state index is 13.3. The topological polar surface area (TPSA) is 69.5 Å². The van der Waals surface area contributed by atoms with Crippen LogP contribution in [0.25, 0.3) is 0 Å². The first-order chi connectivity index (χ1) is 14.3. The molecular formula is C23H32N4O2. The molecule has 1 aromatic rings. The van der Waals surface area contributed by atoms with Gasteiger partial charge in [0.25, 0.3) is 0 Å². The van der Waals surface area contributed by atoms with Crippen LogP contribution in [0.4, 0.5) is 5.82 Å². The number of aromatic nitrogens is 1. The summed E-state index contributed by atoms with van der Waals surface area (Å²) in [6, 6.07) is 6.31. The lowest BCUT2D eigenvalue weighted by molar-refractivity contribution is -0.142. The second-order valence-corrected chi connectivity index (χ2v) is 8.68. The maximum absolute atomic E-state index is 13.3. The van der Waals surface area contributed by atoms with E-state index in [2.05, 4.69) is 20.9 Å². The van der Waals surface area contributed by atoms with Gasteiger partial charge in [-0.05, 0) is 56.6 Å². The van der Waals surface area contributed by atoms with Gasteiger partial charge in [0.15, 0.2) is 0 Å². The first-order valence-electron chi connectivity index (χ1n) is 11.3. The molecule has 0 aromatic carbocycles. The van der Waals surface area contributed by atoms with E-state index >= 15 is 0 Å². The molecule has 3 fully saturated rings. The van der Waals surface area contributed by atoms with Crippen molar-refractivity contribution in [2.24, 2.45) is 11.8 Å². The highest BCUT2D eigenvalue weighted by molar-refractivity contribution is 5.79. The highest BCUT2D eigenvalue weighted by Gasteiger charge is 2.36. The molecule has 6 nitrogen and oxygen atoms in total. The summed E-state index contributed by atoms with van der Waals surface area (Å²) in [4.78, 5) is 22.4. The molecule has 1 atom stereocenters. The predicted molar refractivity (Wildman–Crippen MR) is 111 cm³/mol. The monoisotopic (exact) mass is 396 g/mol. The number of likely N-dealkylation sites (tertiary alicyclic amines) is 1. The fraction of sp³-hybridized carbons (Fsp3) is 0.696. The number of carbonyl (C=O) groups excluding carboxylic acids is 1. The van der Waals surface area contributed by atoms with Crippen LogP contribution in [-0.2, 0) is 9.53 Å². The summed E-state index contributed by atoms with van der Waals surface area (Å²) in [5, 5.41) is 8.96. The van der Waals surface area contributed by atoms with Gasteiger partial charge in [-0.15, -0.1) is 0 Å². The van der Waals surface area contributed by atoms with Crippen LogP contribution >= 0.6 is 0 Å². The number of nitrogens with zero attached hydrogens (tertiary/aromatic N) is 4. The number of nitriles is 1. The molecule has 1 amide bonds. The summed E-state index contributed by atoms with van der Waals surface area (Å²) < 4.78 is 5.47. The minimum absolute atomic E-state index is 0.160. The normalized spacial score (nSPS) is 24.7. The Morgan fingerprint density at radius 1 is 1.03 bits per heavy atom. The molecule has 0 bridgehead atoms. The summed E-state index contributed by atoms with van der Waals surface area (Å²) in [5.74, 6) is 2.08. The number of anilines is 1. The van der Waals surface area contributed by atoms with Crippen LogP contribution < -0.4 is 4.90 Å². The highest BCUT2D eigenvalue weighted by Crippen LogP contribution is 2.33. The van der Waals surface area contributed by atoms with Crippen molar-refractivity contribution in [1.29, 1.82) is 5.26 Å². The van der Waals surface area contributed by atoms with Gasteiger partial charge in [0.05, 0.1) is 5.56 Å². The predicted octanol–water partition coefficient (Wildman–Crippen LogP) is 3.37. The Bertz CT molecular complexity index is 715. The van der Waals surface area contributed by atoms with Gasteiger partial charge in [-0.3, -0.25) is 4.79 Å². The van der Waals surface area contributed by atoms with Crippen LogP contribution in [0, 0.1) is 23.2 Å². The molecule has 4 rings (SSSR count). The summed E-state index contributed by atoms with van der Waals surface area (Å²) in [7, 11) is 0. The number of hydrogen-bond donors (Lipinski definition) is 0. The molecule has 0 radical (unpaired) electrons. The minimum atomic E-state index is 0.160. The van der Waals surface area contributed by atoms with Crippen molar-refractivity contribution in [2.75, 3.05) is 37.7 Å². The Hall–Kier alpha value is -2.13. The van der Waals surface area contributed by atoms with E-state index < -0.39 is 0 Å². The first-order valence-corrected chi connectivity index (χ1v) is 11.3. The molecule has 3 saturated heterocycles. The largest absolute Gasteiger partial charge is 0.381 e. The fourth-order valence-electron chi connectivity index (χ4n) is 5.23. The molecule has 3 aliphatic heterocycles. The summed E-state index contributed by atoms with van der Waals surface area (Å²) in [6.45, 7) is 4.33. The Morgan fingerprint density at radius 2 is 1.83 bits per heavy atom. The summed E-state index contributed by atoms with van der Waals surface area (Å²) in [6.07, 6.45) is 10.4. The third kappa shape index (κ3) is 4.72. The van der Waals surface area contributed by atoms with Crippen LogP contribution in [0.15, 0.2) is 18.3 Å². The van der Waals surface area contributed by atoms with E-state index in [9.17, 15) is 4.79 Å². The van der Waals surface area contributed by atoms with Gasteiger partial charge in [0, 0.05) is 51.0 Å². The first kappa shape index (κ1) is 20.2. The number of pyridine rings is 1. The van der Waals surface area contributed by atoms with E-state index in [1.165, 1.54) is 12.8 Å². The van der Waals surface area contributed by atoms with Crippen LogP contribution in [0.2, 0.25) is 0 Å². The zero-order valence-corrected chi connectivity index (χ0v) is 17.3. The summed E-state index contributed by atoms with van der Waals surface area (Å²) >= 11 is 0. The Kier molecular flexibility index (Phi) is 6.66. The average molecular weight is 397 g/mol. The van der Waals surface area contributed by atoms with E-state index in [1.54, 1.807) is 6.20 Å². The molecule has 0 aliphatic carbocycles. The lowest BCUT2D eigenvalue weighted by Crippen LogP contribution is -2.50. The highest BCUT2D eigenvalue weighted by atomic mass is 16.5. The zero-order chi connectivity index (χ0) is 20.1. The third-order valence-corrected chi connectivity index (χ3v) is 6.94. The number of ether oxygens (including phenoxy) is 1. The van der Waals surface area contributed by atoms with Crippen molar-refractivity contribution in [1.82, 2.24) is 9.88 Å². The molecular weight excluding hydrogens is 364 g/mol. The molecule has 1 aromatic heterocycles. The standard InChI is InChI=1S/C23H32N4O2/c24-16-18-5-6-22(25-17-18)26-12-7-19(8-13-26)21-4-2-1-3-11-27(21)23(28)20-9-14-29-15-10-20/h5-6,17,19-21H,1-4,7-15H2/t21-/m0/s1. The number of rotatable bonds is 3. The number of amides is 1. The molecule has 0 N–H and O–H groups in total. The number of carbonyl (C=O) groups is 1.